The summed E-state index contributed by atoms with van der Waals surface area (Å²) in [6.45, 7) is 0. The molecule has 0 unspecified atom stereocenters. The predicted octanol–water partition coefficient (Wildman–Crippen LogP) is 4.73. The highest BCUT2D eigenvalue weighted by atomic mass is 79.9. The molecule has 1 heterocycles. The number of anilines is 4. The van der Waals surface area contributed by atoms with Gasteiger partial charge in [-0.1, -0.05) is 36.4 Å². The Labute approximate surface area is 131 Å². The van der Waals surface area contributed by atoms with Crippen molar-refractivity contribution in [2.24, 2.45) is 0 Å². The lowest BCUT2D eigenvalue weighted by atomic mass is 10.3. The Morgan fingerprint density at radius 3 is 1.95 bits per heavy atom. The summed E-state index contributed by atoms with van der Waals surface area (Å²) in [4.78, 5) is 8.75. The molecule has 0 bridgehead atoms. The molecule has 21 heavy (non-hydrogen) atoms. The zero-order chi connectivity index (χ0) is 14.5. The van der Waals surface area contributed by atoms with Gasteiger partial charge in [0.05, 0.1) is 4.47 Å². The third kappa shape index (κ3) is 3.58. The third-order valence-corrected chi connectivity index (χ3v) is 3.39. The number of nitrogens with one attached hydrogen (secondary N) is 2. The van der Waals surface area contributed by atoms with Crippen molar-refractivity contribution in [3.63, 3.8) is 0 Å². The molecule has 1 aromatic heterocycles. The summed E-state index contributed by atoms with van der Waals surface area (Å²) in [5, 5.41) is 6.43. The Kier molecular flexibility index (Phi) is 4.12. The molecule has 104 valence electrons. The first-order chi connectivity index (χ1) is 10.3. The molecule has 0 aliphatic rings. The van der Waals surface area contributed by atoms with E-state index in [-0.39, 0.29) is 0 Å². The summed E-state index contributed by atoms with van der Waals surface area (Å²) in [5.74, 6) is 1.26. The van der Waals surface area contributed by atoms with E-state index in [4.69, 9.17) is 0 Å². The fraction of sp³-hybridized carbons (Fsp3) is 0. The highest BCUT2D eigenvalue weighted by Crippen LogP contribution is 2.24. The van der Waals surface area contributed by atoms with Crippen molar-refractivity contribution in [1.29, 1.82) is 0 Å². The molecule has 0 saturated heterocycles. The van der Waals surface area contributed by atoms with Crippen LogP contribution in [0.4, 0.5) is 23.1 Å². The topological polar surface area (TPSA) is 49.8 Å². The minimum absolute atomic E-state index is 0.544. The van der Waals surface area contributed by atoms with Crippen molar-refractivity contribution in [2.45, 2.75) is 0 Å². The van der Waals surface area contributed by atoms with Gasteiger partial charge in [0.25, 0.3) is 0 Å². The molecule has 4 nitrogen and oxygen atoms in total. The monoisotopic (exact) mass is 340 g/mol. The molecule has 2 N–H and O–H groups in total. The molecular formula is C16H13BrN4. The summed E-state index contributed by atoms with van der Waals surface area (Å²) >= 11 is 3.46. The van der Waals surface area contributed by atoms with Crippen LogP contribution in [0, 0.1) is 0 Å². The number of hydrogen-bond acceptors (Lipinski definition) is 4. The van der Waals surface area contributed by atoms with Gasteiger partial charge >= 0.3 is 0 Å². The second-order valence-electron chi connectivity index (χ2n) is 4.37. The standard InChI is InChI=1S/C16H13BrN4/c17-14-11-18-16(20-13-9-5-2-6-10-13)21-15(14)19-12-7-3-1-4-8-12/h1-11H,(H2,18,19,20,21). The first-order valence-corrected chi connectivity index (χ1v) is 7.27. The van der Waals surface area contributed by atoms with E-state index in [0.29, 0.717) is 5.95 Å². The average molecular weight is 341 g/mol. The van der Waals surface area contributed by atoms with Crippen molar-refractivity contribution >= 4 is 39.1 Å². The van der Waals surface area contributed by atoms with E-state index in [1.54, 1.807) is 6.20 Å². The van der Waals surface area contributed by atoms with Gasteiger partial charge in [0, 0.05) is 17.6 Å². The number of halogens is 1. The van der Waals surface area contributed by atoms with E-state index in [1.165, 1.54) is 0 Å². The SMILES string of the molecule is Brc1cnc(Nc2ccccc2)nc1Nc1ccccc1. The molecule has 3 rings (SSSR count). The van der Waals surface area contributed by atoms with Gasteiger partial charge in [-0.05, 0) is 40.2 Å². The van der Waals surface area contributed by atoms with Crippen LogP contribution in [0.15, 0.2) is 71.3 Å². The van der Waals surface area contributed by atoms with Gasteiger partial charge in [-0.2, -0.15) is 4.98 Å². The van der Waals surface area contributed by atoms with Crippen LogP contribution in [0.5, 0.6) is 0 Å². The van der Waals surface area contributed by atoms with Gasteiger partial charge in [0.15, 0.2) is 0 Å². The van der Waals surface area contributed by atoms with E-state index in [1.807, 2.05) is 60.7 Å². The van der Waals surface area contributed by atoms with Crippen LogP contribution in [0.25, 0.3) is 0 Å². The lowest BCUT2D eigenvalue weighted by Crippen LogP contribution is -2.01. The van der Waals surface area contributed by atoms with E-state index in [0.717, 1.165) is 21.7 Å². The largest absolute Gasteiger partial charge is 0.339 e. The van der Waals surface area contributed by atoms with Gasteiger partial charge in [-0.25, -0.2) is 4.98 Å². The normalized spacial score (nSPS) is 10.1. The number of benzene rings is 2. The van der Waals surface area contributed by atoms with Crippen LogP contribution in [0.3, 0.4) is 0 Å². The fourth-order valence-electron chi connectivity index (χ4n) is 1.82. The molecule has 2 aromatic carbocycles. The molecular weight excluding hydrogens is 328 g/mol. The van der Waals surface area contributed by atoms with E-state index >= 15 is 0 Å². The second-order valence-corrected chi connectivity index (χ2v) is 5.23. The lowest BCUT2D eigenvalue weighted by Gasteiger charge is -2.10. The first kappa shape index (κ1) is 13.6. The highest BCUT2D eigenvalue weighted by molar-refractivity contribution is 9.10. The highest BCUT2D eigenvalue weighted by Gasteiger charge is 2.05. The molecule has 0 fully saturated rings. The molecule has 5 heteroatoms. The summed E-state index contributed by atoms with van der Waals surface area (Å²) in [5.41, 5.74) is 1.92. The van der Waals surface area contributed by atoms with Gasteiger partial charge in [-0.15, -0.1) is 0 Å². The van der Waals surface area contributed by atoms with E-state index < -0.39 is 0 Å². The van der Waals surface area contributed by atoms with Crippen molar-refractivity contribution in [1.82, 2.24) is 9.97 Å². The molecule has 0 atom stereocenters. The van der Waals surface area contributed by atoms with Crippen LogP contribution in [0.2, 0.25) is 0 Å². The van der Waals surface area contributed by atoms with Crippen molar-refractivity contribution in [2.75, 3.05) is 10.6 Å². The molecule has 0 amide bonds. The maximum atomic E-state index is 4.48. The van der Waals surface area contributed by atoms with Crippen molar-refractivity contribution < 1.29 is 0 Å². The van der Waals surface area contributed by atoms with E-state index in [9.17, 15) is 0 Å². The molecule has 0 spiro atoms. The Morgan fingerprint density at radius 1 is 0.762 bits per heavy atom. The lowest BCUT2D eigenvalue weighted by molar-refractivity contribution is 1.15. The van der Waals surface area contributed by atoms with Crippen LogP contribution >= 0.6 is 15.9 Å². The van der Waals surface area contributed by atoms with Gasteiger partial charge in [0.1, 0.15) is 5.82 Å². The predicted molar refractivity (Wildman–Crippen MR) is 89.2 cm³/mol. The van der Waals surface area contributed by atoms with Crippen LogP contribution in [0.1, 0.15) is 0 Å². The molecule has 3 aromatic rings. The van der Waals surface area contributed by atoms with Crippen LogP contribution < -0.4 is 10.6 Å². The number of hydrogen-bond donors (Lipinski definition) is 2. The first-order valence-electron chi connectivity index (χ1n) is 6.48. The minimum Gasteiger partial charge on any atom is -0.339 e. The summed E-state index contributed by atoms with van der Waals surface area (Å²) in [7, 11) is 0. The molecule has 0 aliphatic heterocycles. The summed E-state index contributed by atoms with van der Waals surface area (Å²) in [6, 6.07) is 19.7. The average Bonchev–Trinajstić information content (AvgIpc) is 2.53. The van der Waals surface area contributed by atoms with E-state index in [2.05, 4.69) is 36.5 Å². The summed E-state index contributed by atoms with van der Waals surface area (Å²) in [6.07, 6.45) is 1.73. The fourth-order valence-corrected chi connectivity index (χ4v) is 2.11. The van der Waals surface area contributed by atoms with Gasteiger partial charge in [-0.3, -0.25) is 0 Å². The van der Waals surface area contributed by atoms with Crippen LogP contribution in [-0.4, -0.2) is 9.97 Å². The zero-order valence-corrected chi connectivity index (χ0v) is 12.7. The second kappa shape index (κ2) is 6.37. The smallest absolute Gasteiger partial charge is 0.229 e. The van der Waals surface area contributed by atoms with Crippen LogP contribution in [-0.2, 0) is 0 Å². The minimum atomic E-state index is 0.544. The zero-order valence-electron chi connectivity index (χ0n) is 11.1. The van der Waals surface area contributed by atoms with Gasteiger partial charge in [0.2, 0.25) is 5.95 Å². The molecule has 0 aliphatic carbocycles. The van der Waals surface area contributed by atoms with Crippen molar-refractivity contribution in [3.05, 3.63) is 71.3 Å². The Balaban J connectivity index is 1.83. The van der Waals surface area contributed by atoms with Crippen molar-refractivity contribution in [3.8, 4) is 0 Å². The quantitative estimate of drug-likeness (QED) is 0.721. The van der Waals surface area contributed by atoms with Gasteiger partial charge < -0.3 is 10.6 Å². The molecule has 0 radical (unpaired) electrons. The Morgan fingerprint density at radius 2 is 1.33 bits per heavy atom. The Hall–Kier alpha value is -2.40. The maximum Gasteiger partial charge on any atom is 0.229 e. The molecule has 0 saturated carbocycles. The third-order valence-electron chi connectivity index (χ3n) is 2.81. The summed E-state index contributed by atoms with van der Waals surface area (Å²) < 4.78 is 0.810. The number of nitrogens with zero attached hydrogens (tertiary/aromatic N) is 2. The Bertz CT molecular complexity index is 717. The number of rotatable bonds is 4. The maximum absolute atomic E-state index is 4.48. The number of para-hydroxylation sites is 2. The number of aromatic nitrogens is 2.